The van der Waals surface area contributed by atoms with Crippen molar-refractivity contribution < 1.29 is 22.8 Å². The molecule has 1 aliphatic heterocycles. The Kier molecular flexibility index (Phi) is 3.73. The maximum atomic E-state index is 12.5. The lowest BCUT2D eigenvalue weighted by Crippen LogP contribution is -2.63. The van der Waals surface area contributed by atoms with Gasteiger partial charge in [0.25, 0.3) is 5.91 Å². The molecule has 21 heavy (non-hydrogen) atoms. The molecule has 1 aliphatic rings. The van der Waals surface area contributed by atoms with Crippen LogP contribution in [0.25, 0.3) is 0 Å². The van der Waals surface area contributed by atoms with Gasteiger partial charge in [-0.05, 0) is 26.0 Å². The Morgan fingerprint density at radius 2 is 2.10 bits per heavy atom. The predicted molar refractivity (Wildman–Crippen MR) is 68.6 cm³/mol. The molecule has 1 aromatic rings. The van der Waals surface area contributed by atoms with Gasteiger partial charge in [-0.1, -0.05) is 0 Å². The third kappa shape index (κ3) is 3.03. The Labute approximate surface area is 119 Å². The number of alkyl halides is 3. The van der Waals surface area contributed by atoms with E-state index in [1.165, 1.54) is 23.2 Å². The Bertz CT molecular complexity index is 563. The summed E-state index contributed by atoms with van der Waals surface area (Å²) in [5, 5.41) is 2.64. The number of rotatable bonds is 2. The minimum atomic E-state index is -4.41. The maximum Gasteiger partial charge on any atom is 0.406 e. The zero-order valence-corrected chi connectivity index (χ0v) is 11.7. The van der Waals surface area contributed by atoms with Crippen LogP contribution in [0.5, 0.6) is 0 Å². The molecule has 116 valence electrons. The van der Waals surface area contributed by atoms with E-state index in [1.54, 1.807) is 13.8 Å². The van der Waals surface area contributed by atoms with E-state index in [0.717, 1.165) is 4.57 Å². The highest BCUT2D eigenvalue weighted by molar-refractivity contribution is 5.98. The summed E-state index contributed by atoms with van der Waals surface area (Å²) in [5.74, 6) is -0.903. The van der Waals surface area contributed by atoms with Gasteiger partial charge < -0.3 is 14.8 Å². The van der Waals surface area contributed by atoms with Crippen LogP contribution < -0.4 is 5.32 Å². The normalized spacial score (nSPS) is 18.5. The first-order valence-corrected chi connectivity index (χ1v) is 6.45. The lowest BCUT2D eigenvalue weighted by atomic mass is 9.98. The largest absolute Gasteiger partial charge is 0.406 e. The van der Waals surface area contributed by atoms with E-state index in [1.807, 2.05) is 0 Å². The van der Waals surface area contributed by atoms with E-state index in [-0.39, 0.29) is 24.7 Å². The Morgan fingerprint density at radius 1 is 1.43 bits per heavy atom. The third-order valence-corrected chi connectivity index (χ3v) is 3.49. The molecule has 2 rings (SSSR count). The molecule has 0 atom stereocenters. The highest BCUT2D eigenvalue weighted by Gasteiger charge is 2.41. The predicted octanol–water partition coefficient (Wildman–Crippen LogP) is 1.40. The second kappa shape index (κ2) is 5.09. The summed E-state index contributed by atoms with van der Waals surface area (Å²) in [6.07, 6.45) is -3.21. The molecule has 0 spiro atoms. The minimum absolute atomic E-state index is 0.0740. The topological polar surface area (TPSA) is 54.3 Å². The number of hydrogen-bond acceptors (Lipinski definition) is 2. The van der Waals surface area contributed by atoms with Gasteiger partial charge in [-0.25, -0.2) is 0 Å². The number of hydrogen-bond donors (Lipinski definition) is 1. The third-order valence-electron chi connectivity index (χ3n) is 3.49. The smallest absolute Gasteiger partial charge is 0.352 e. The van der Waals surface area contributed by atoms with Gasteiger partial charge in [-0.15, -0.1) is 0 Å². The number of aromatic nitrogens is 1. The SMILES string of the molecule is CC1(C)C(=O)NCCN1C(=O)c1cccn1CC(F)(F)F. The van der Waals surface area contributed by atoms with Gasteiger partial charge >= 0.3 is 6.18 Å². The van der Waals surface area contributed by atoms with Gasteiger partial charge in [0.05, 0.1) is 0 Å². The molecule has 0 aliphatic carbocycles. The summed E-state index contributed by atoms with van der Waals surface area (Å²) in [4.78, 5) is 25.6. The molecule has 0 saturated carbocycles. The van der Waals surface area contributed by atoms with Crippen molar-refractivity contribution in [3.63, 3.8) is 0 Å². The molecule has 1 fully saturated rings. The average Bonchev–Trinajstić information content (AvgIpc) is 2.77. The molecule has 1 aromatic heterocycles. The molecule has 0 bridgehead atoms. The van der Waals surface area contributed by atoms with Crippen molar-refractivity contribution in [3.05, 3.63) is 24.0 Å². The van der Waals surface area contributed by atoms with Crippen molar-refractivity contribution in [2.24, 2.45) is 0 Å². The van der Waals surface area contributed by atoms with Gasteiger partial charge in [0.2, 0.25) is 5.91 Å². The number of nitrogens with one attached hydrogen (secondary N) is 1. The van der Waals surface area contributed by atoms with Gasteiger partial charge in [0.15, 0.2) is 0 Å². The second-order valence-corrected chi connectivity index (χ2v) is 5.41. The monoisotopic (exact) mass is 303 g/mol. The van der Waals surface area contributed by atoms with Crippen LogP contribution in [-0.4, -0.2) is 46.1 Å². The van der Waals surface area contributed by atoms with Crippen molar-refractivity contribution in [2.45, 2.75) is 32.1 Å². The van der Waals surface area contributed by atoms with Crippen LogP contribution in [0.3, 0.4) is 0 Å². The van der Waals surface area contributed by atoms with Crippen LogP contribution in [0.2, 0.25) is 0 Å². The van der Waals surface area contributed by atoms with Crippen molar-refractivity contribution in [2.75, 3.05) is 13.1 Å². The first-order valence-electron chi connectivity index (χ1n) is 6.45. The zero-order chi connectivity index (χ0) is 15.8. The van der Waals surface area contributed by atoms with Crippen LogP contribution >= 0.6 is 0 Å². The van der Waals surface area contributed by atoms with Gasteiger partial charge in [-0.2, -0.15) is 13.2 Å². The Morgan fingerprint density at radius 3 is 2.71 bits per heavy atom. The molecule has 0 unspecified atom stereocenters. The number of halogens is 3. The summed E-state index contributed by atoms with van der Waals surface area (Å²) in [7, 11) is 0. The zero-order valence-electron chi connectivity index (χ0n) is 11.7. The van der Waals surface area contributed by atoms with Crippen molar-refractivity contribution in [3.8, 4) is 0 Å². The van der Waals surface area contributed by atoms with Gasteiger partial charge in [0.1, 0.15) is 17.8 Å². The van der Waals surface area contributed by atoms with Crippen LogP contribution in [0.4, 0.5) is 13.2 Å². The number of piperazine rings is 1. The van der Waals surface area contributed by atoms with Gasteiger partial charge in [-0.3, -0.25) is 9.59 Å². The van der Waals surface area contributed by atoms with Crippen molar-refractivity contribution in [1.29, 1.82) is 0 Å². The quantitative estimate of drug-likeness (QED) is 0.898. The van der Waals surface area contributed by atoms with Gasteiger partial charge in [0, 0.05) is 19.3 Å². The van der Waals surface area contributed by atoms with E-state index in [9.17, 15) is 22.8 Å². The standard InChI is InChI=1S/C13H16F3N3O2/c1-12(2)11(21)17-5-7-19(12)10(20)9-4-3-6-18(9)8-13(14,15)16/h3-4,6H,5,7-8H2,1-2H3,(H,17,21). The lowest BCUT2D eigenvalue weighted by molar-refractivity contribution is -0.141. The van der Waals surface area contributed by atoms with Crippen molar-refractivity contribution >= 4 is 11.8 Å². The molecular formula is C13H16F3N3O2. The van der Waals surface area contributed by atoms with E-state index >= 15 is 0 Å². The first kappa shape index (κ1) is 15.4. The highest BCUT2D eigenvalue weighted by atomic mass is 19.4. The van der Waals surface area contributed by atoms with E-state index in [2.05, 4.69) is 5.32 Å². The molecule has 0 radical (unpaired) electrons. The molecular weight excluding hydrogens is 287 g/mol. The summed E-state index contributed by atoms with van der Waals surface area (Å²) in [5.41, 5.74) is -1.17. The minimum Gasteiger partial charge on any atom is -0.352 e. The molecule has 1 N–H and O–H groups in total. The Balaban J connectivity index is 2.28. The fourth-order valence-electron chi connectivity index (χ4n) is 2.33. The number of carbonyl (C=O) groups is 2. The highest BCUT2D eigenvalue weighted by Crippen LogP contribution is 2.23. The molecule has 2 heterocycles. The number of amides is 2. The molecule has 2 amide bonds. The number of nitrogens with zero attached hydrogens (tertiary/aromatic N) is 2. The van der Waals surface area contributed by atoms with Crippen LogP contribution in [0, 0.1) is 0 Å². The molecule has 1 saturated heterocycles. The summed E-state index contributed by atoms with van der Waals surface area (Å²) < 4.78 is 38.4. The van der Waals surface area contributed by atoms with E-state index in [0.29, 0.717) is 0 Å². The molecule has 0 aromatic carbocycles. The summed E-state index contributed by atoms with van der Waals surface area (Å²) in [6.45, 7) is 2.44. The average molecular weight is 303 g/mol. The number of carbonyl (C=O) groups excluding carboxylic acids is 2. The summed E-state index contributed by atoms with van der Waals surface area (Å²) >= 11 is 0. The lowest BCUT2D eigenvalue weighted by Gasteiger charge is -2.41. The van der Waals surface area contributed by atoms with Crippen LogP contribution in [-0.2, 0) is 11.3 Å². The molecule has 8 heteroatoms. The van der Waals surface area contributed by atoms with Crippen molar-refractivity contribution in [1.82, 2.24) is 14.8 Å². The van der Waals surface area contributed by atoms with Crippen LogP contribution in [0.15, 0.2) is 18.3 Å². The Hall–Kier alpha value is -1.99. The summed E-state index contributed by atoms with van der Waals surface area (Å²) in [6, 6.07) is 2.71. The maximum absolute atomic E-state index is 12.5. The van der Waals surface area contributed by atoms with Crippen LogP contribution in [0.1, 0.15) is 24.3 Å². The second-order valence-electron chi connectivity index (χ2n) is 5.41. The van der Waals surface area contributed by atoms with E-state index in [4.69, 9.17) is 0 Å². The first-order chi connectivity index (χ1) is 9.63. The molecule has 5 nitrogen and oxygen atoms in total. The fourth-order valence-corrected chi connectivity index (χ4v) is 2.33. The fraction of sp³-hybridized carbons (Fsp3) is 0.538. The van der Waals surface area contributed by atoms with E-state index < -0.39 is 24.2 Å².